The summed E-state index contributed by atoms with van der Waals surface area (Å²) in [5.41, 5.74) is 2.92. The van der Waals surface area contributed by atoms with Gasteiger partial charge in [-0.15, -0.1) is 0 Å². The lowest BCUT2D eigenvalue weighted by Crippen LogP contribution is -2.02. The highest BCUT2D eigenvalue weighted by molar-refractivity contribution is 5.58. The van der Waals surface area contributed by atoms with Crippen molar-refractivity contribution in [1.82, 2.24) is 0 Å². The summed E-state index contributed by atoms with van der Waals surface area (Å²) in [5.74, 6) is 0.409. The quantitative estimate of drug-likeness (QED) is 0.719. The Labute approximate surface area is 86.0 Å². The van der Waals surface area contributed by atoms with Crippen LogP contribution in [0.4, 0.5) is 5.69 Å². The minimum absolute atomic E-state index is 0.409. The van der Waals surface area contributed by atoms with Crippen LogP contribution in [0.3, 0.4) is 0 Å². The van der Waals surface area contributed by atoms with Crippen LogP contribution >= 0.6 is 0 Å². The minimum Gasteiger partial charge on any atom is -0.507 e. The Balaban J connectivity index is 2.73. The summed E-state index contributed by atoms with van der Waals surface area (Å²) in [5, 5.41) is 13.0. The average molecular weight is 193 g/mol. The molecular weight excluding hydrogens is 174 g/mol. The molecule has 0 aromatic heterocycles. The molecule has 0 radical (unpaired) electrons. The summed E-state index contributed by atoms with van der Waals surface area (Å²) >= 11 is 0. The number of phenols is 1. The fourth-order valence-corrected chi connectivity index (χ4v) is 1.43. The summed E-state index contributed by atoms with van der Waals surface area (Å²) in [6, 6.07) is 3.97. The van der Waals surface area contributed by atoms with E-state index in [-0.39, 0.29) is 0 Å². The number of hydrogen-bond donors (Lipinski definition) is 2. The molecule has 0 amide bonds. The van der Waals surface area contributed by atoms with Crippen molar-refractivity contribution in [1.29, 1.82) is 0 Å². The van der Waals surface area contributed by atoms with Crippen molar-refractivity contribution in [3.63, 3.8) is 0 Å². The van der Waals surface area contributed by atoms with Gasteiger partial charge in [-0.3, -0.25) is 0 Å². The predicted molar refractivity (Wildman–Crippen MR) is 61.0 cm³/mol. The molecule has 1 aromatic rings. The van der Waals surface area contributed by atoms with Gasteiger partial charge in [0.2, 0.25) is 0 Å². The smallest absolute Gasteiger partial charge is 0.123 e. The first-order valence-corrected chi connectivity index (χ1v) is 5.19. The molecule has 0 spiro atoms. The number of aromatic hydroxyl groups is 1. The molecule has 14 heavy (non-hydrogen) atoms. The first-order chi connectivity index (χ1) is 6.66. The van der Waals surface area contributed by atoms with Gasteiger partial charge in [0.15, 0.2) is 0 Å². The molecule has 2 heteroatoms. The number of nitrogens with one attached hydrogen (secondary N) is 1. The van der Waals surface area contributed by atoms with E-state index in [1.807, 2.05) is 26.0 Å². The third-order valence-electron chi connectivity index (χ3n) is 2.48. The van der Waals surface area contributed by atoms with Crippen molar-refractivity contribution in [2.24, 2.45) is 0 Å². The lowest BCUT2D eigenvalue weighted by Gasteiger charge is -2.11. The van der Waals surface area contributed by atoms with Crippen LogP contribution in [-0.2, 0) is 0 Å². The molecule has 0 aliphatic carbocycles. The number of phenolic OH excluding ortho intramolecular Hbond substituents is 1. The van der Waals surface area contributed by atoms with E-state index in [4.69, 9.17) is 0 Å². The van der Waals surface area contributed by atoms with Gasteiger partial charge < -0.3 is 10.4 Å². The molecule has 0 heterocycles. The van der Waals surface area contributed by atoms with E-state index in [2.05, 4.69) is 12.2 Å². The number of anilines is 1. The average Bonchev–Trinajstić information content (AvgIpc) is 2.18. The van der Waals surface area contributed by atoms with Crippen LogP contribution in [-0.4, -0.2) is 11.7 Å². The Hall–Kier alpha value is -1.18. The van der Waals surface area contributed by atoms with E-state index in [1.165, 1.54) is 6.42 Å². The SMILES string of the molecule is CCCCNc1ccc(C)c(O)c1C. The largest absolute Gasteiger partial charge is 0.507 e. The summed E-state index contributed by atoms with van der Waals surface area (Å²) < 4.78 is 0. The number of benzene rings is 1. The maximum absolute atomic E-state index is 9.70. The van der Waals surface area contributed by atoms with Gasteiger partial charge in [-0.1, -0.05) is 19.4 Å². The Kier molecular flexibility index (Phi) is 3.81. The molecule has 1 aromatic carbocycles. The molecule has 0 aliphatic heterocycles. The molecule has 2 nitrogen and oxygen atoms in total. The standard InChI is InChI=1S/C12H19NO/c1-4-5-8-13-11-7-6-9(2)12(14)10(11)3/h6-7,13-14H,4-5,8H2,1-3H3. The third-order valence-corrected chi connectivity index (χ3v) is 2.48. The van der Waals surface area contributed by atoms with Crippen LogP contribution in [0.2, 0.25) is 0 Å². The van der Waals surface area contributed by atoms with Crippen LogP contribution in [0.5, 0.6) is 5.75 Å². The molecule has 78 valence electrons. The van der Waals surface area contributed by atoms with Crippen molar-refractivity contribution >= 4 is 5.69 Å². The van der Waals surface area contributed by atoms with Crippen LogP contribution in [0, 0.1) is 13.8 Å². The van der Waals surface area contributed by atoms with E-state index < -0.39 is 0 Å². The van der Waals surface area contributed by atoms with E-state index >= 15 is 0 Å². The van der Waals surface area contributed by atoms with Gasteiger partial charge in [0, 0.05) is 17.8 Å². The molecule has 0 bridgehead atoms. The first kappa shape index (κ1) is 10.9. The van der Waals surface area contributed by atoms with Crippen LogP contribution in [0.25, 0.3) is 0 Å². The van der Waals surface area contributed by atoms with E-state index in [0.717, 1.165) is 29.8 Å². The Bertz CT molecular complexity index is 307. The first-order valence-electron chi connectivity index (χ1n) is 5.19. The highest BCUT2D eigenvalue weighted by Crippen LogP contribution is 2.27. The van der Waals surface area contributed by atoms with Gasteiger partial charge in [-0.25, -0.2) is 0 Å². The number of rotatable bonds is 4. The lowest BCUT2D eigenvalue weighted by atomic mass is 10.1. The maximum Gasteiger partial charge on any atom is 0.123 e. The predicted octanol–water partition coefficient (Wildman–Crippen LogP) is 3.22. The second-order valence-corrected chi connectivity index (χ2v) is 3.68. The van der Waals surface area contributed by atoms with E-state index in [9.17, 15) is 5.11 Å². The molecule has 0 saturated carbocycles. The minimum atomic E-state index is 0.409. The molecule has 1 rings (SSSR count). The molecule has 0 fully saturated rings. The molecule has 0 atom stereocenters. The second-order valence-electron chi connectivity index (χ2n) is 3.68. The zero-order valence-corrected chi connectivity index (χ0v) is 9.22. The Morgan fingerprint density at radius 2 is 2.00 bits per heavy atom. The van der Waals surface area contributed by atoms with Crippen molar-refractivity contribution in [2.45, 2.75) is 33.6 Å². The van der Waals surface area contributed by atoms with Gasteiger partial charge in [0.1, 0.15) is 5.75 Å². The zero-order chi connectivity index (χ0) is 10.6. The number of aryl methyl sites for hydroxylation is 1. The van der Waals surface area contributed by atoms with Crippen LogP contribution in [0.15, 0.2) is 12.1 Å². The highest BCUT2D eigenvalue weighted by atomic mass is 16.3. The third kappa shape index (κ3) is 2.41. The van der Waals surface area contributed by atoms with E-state index in [0.29, 0.717) is 5.75 Å². The lowest BCUT2D eigenvalue weighted by molar-refractivity contribution is 0.467. The number of unbranched alkanes of at least 4 members (excludes halogenated alkanes) is 1. The van der Waals surface area contributed by atoms with Gasteiger partial charge in [0.25, 0.3) is 0 Å². The monoisotopic (exact) mass is 193 g/mol. The molecule has 0 saturated heterocycles. The molecule has 2 N–H and O–H groups in total. The summed E-state index contributed by atoms with van der Waals surface area (Å²) in [6.45, 7) is 7.00. The Morgan fingerprint density at radius 3 is 2.64 bits per heavy atom. The Morgan fingerprint density at radius 1 is 1.29 bits per heavy atom. The normalized spacial score (nSPS) is 10.2. The van der Waals surface area contributed by atoms with Crippen molar-refractivity contribution in [3.8, 4) is 5.75 Å². The van der Waals surface area contributed by atoms with Crippen LogP contribution in [0.1, 0.15) is 30.9 Å². The van der Waals surface area contributed by atoms with E-state index in [1.54, 1.807) is 0 Å². The maximum atomic E-state index is 9.70. The fraction of sp³-hybridized carbons (Fsp3) is 0.500. The van der Waals surface area contributed by atoms with Gasteiger partial charge in [0.05, 0.1) is 0 Å². The second kappa shape index (κ2) is 4.89. The van der Waals surface area contributed by atoms with Crippen molar-refractivity contribution in [3.05, 3.63) is 23.3 Å². The fourth-order valence-electron chi connectivity index (χ4n) is 1.43. The molecular formula is C12H19NO. The topological polar surface area (TPSA) is 32.3 Å². The summed E-state index contributed by atoms with van der Waals surface area (Å²) in [6.07, 6.45) is 2.35. The van der Waals surface area contributed by atoms with Crippen LogP contribution < -0.4 is 5.32 Å². The summed E-state index contributed by atoms with van der Waals surface area (Å²) in [7, 11) is 0. The van der Waals surface area contributed by atoms with Gasteiger partial charge in [-0.2, -0.15) is 0 Å². The molecule has 0 unspecified atom stereocenters. The zero-order valence-electron chi connectivity index (χ0n) is 9.22. The van der Waals surface area contributed by atoms with Crippen molar-refractivity contribution in [2.75, 3.05) is 11.9 Å². The van der Waals surface area contributed by atoms with Crippen molar-refractivity contribution < 1.29 is 5.11 Å². The van der Waals surface area contributed by atoms with Gasteiger partial charge in [-0.05, 0) is 31.9 Å². The molecule has 0 aliphatic rings. The number of hydrogen-bond acceptors (Lipinski definition) is 2. The summed E-state index contributed by atoms with van der Waals surface area (Å²) in [4.78, 5) is 0. The highest BCUT2D eigenvalue weighted by Gasteiger charge is 2.04. The van der Waals surface area contributed by atoms with Gasteiger partial charge >= 0.3 is 0 Å².